The van der Waals surface area contributed by atoms with E-state index in [9.17, 15) is 5.11 Å². The van der Waals surface area contributed by atoms with E-state index in [1.165, 1.54) is 0 Å². The first kappa shape index (κ1) is 16.4. The Morgan fingerprint density at radius 3 is 2.47 bits per heavy atom. The van der Waals surface area contributed by atoms with Crippen LogP contribution in [0.5, 0.6) is 0 Å². The lowest BCUT2D eigenvalue weighted by Crippen LogP contribution is -2.37. The molecule has 1 aromatic rings. The van der Waals surface area contributed by atoms with Gasteiger partial charge in [-0.1, -0.05) is 20.8 Å². The first-order valence-corrected chi connectivity index (χ1v) is 7.86. The topological polar surface area (TPSA) is 49.2 Å². The second-order valence-corrected chi connectivity index (χ2v) is 5.41. The van der Waals surface area contributed by atoms with Crippen molar-refractivity contribution < 1.29 is 5.11 Å². The Labute approximate surface area is 124 Å². The zero-order valence-corrected chi connectivity index (χ0v) is 13.7. The number of anilines is 1. The summed E-state index contributed by atoms with van der Waals surface area (Å²) in [6, 6.07) is 2.34. The lowest BCUT2D eigenvalue weighted by atomic mass is 10.1. The van der Waals surface area contributed by atoms with Crippen molar-refractivity contribution in [3.63, 3.8) is 0 Å². The van der Waals surface area contributed by atoms with E-state index in [-0.39, 0.29) is 6.61 Å². The van der Waals surface area contributed by atoms with Crippen LogP contribution in [-0.4, -0.2) is 34.3 Å². The van der Waals surface area contributed by atoms with Gasteiger partial charge >= 0.3 is 0 Å². The highest BCUT2D eigenvalue weighted by Gasteiger charge is 2.17. The van der Waals surface area contributed by atoms with E-state index >= 15 is 0 Å². The predicted molar refractivity (Wildman–Crippen MR) is 82.5 cm³/mol. The van der Waals surface area contributed by atoms with Crippen molar-refractivity contribution in [3.05, 3.63) is 16.5 Å². The third-order valence-corrected chi connectivity index (χ3v) is 3.63. The van der Waals surface area contributed by atoms with Crippen LogP contribution >= 0.6 is 15.9 Å². The number of aliphatic hydroxyl groups is 1. The maximum absolute atomic E-state index is 9.28. The fourth-order valence-electron chi connectivity index (χ4n) is 2.26. The normalized spacial score (nSPS) is 11.1. The summed E-state index contributed by atoms with van der Waals surface area (Å²) < 4.78 is 0.815. The minimum Gasteiger partial charge on any atom is -0.395 e. The van der Waals surface area contributed by atoms with E-state index in [2.05, 4.69) is 51.6 Å². The Morgan fingerprint density at radius 2 is 1.95 bits per heavy atom. The van der Waals surface area contributed by atoms with E-state index in [0.717, 1.165) is 41.9 Å². The molecule has 0 aliphatic heterocycles. The fraction of sp³-hybridized carbons (Fsp3) is 0.714. The highest BCUT2D eigenvalue weighted by Crippen LogP contribution is 2.21. The highest BCUT2D eigenvalue weighted by atomic mass is 79.9. The van der Waals surface area contributed by atoms with Crippen molar-refractivity contribution >= 4 is 21.7 Å². The Kier molecular flexibility index (Phi) is 7.31. The molecule has 0 fully saturated rings. The van der Waals surface area contributed by atoms with Gasteiger partial charge in [-0.2, -0.15) is 0 Å². The van der Waals surface area contributed by atoms with Crippen LogP contribution < -0.4 is 4.90 Å². The van der Waals surface area contributed by atoms with Gasteiger partial charge in [0.25, 0.3) is 0 Å². The second-order valence-electron chi connectivity index (χ2n) is 4.60. The minimum atomic E-state index is 0.140. The molecule has 0 saturated heterocycles. The van der Waals surface area contributed by atoms with Crippen molar-refractivity contribution in [1.29, 1.82) is 0 Å². The van der Waals surface area contributed by atoms with Crippen LogP contribution in [0.1, 0.15) is 45.9 Å². The summed E-state index contributed by atoms with van der Waals surface area (Å²) >= 11 is 3.46. The molecule has 19 heavy (non-hydrogen) atoms. The van der Waals surface area contributed by atoms with Crippen LogP contribution in [-0.2, 0) is 6.42 Å². The van der Waals surface area contributed by atoms with Crippen LogP contribution in [0.3, 0.4) is 0 Å². The zero-order valence-electron chi connectivity index (χ0n) is 12.1. The van der Waals surface area contributed by atoms with Gasteiger partial charge in [0.1, 0.15) is 16.2 Å². The van der Waals surface area contributed by atoms with Gasteiger partial charge in [0.15, 0.2) is 0 Å². The maximum atomic E-state index is 9.28. The third kappa shape index (κ3) is 4.73. The van der Waals surface area contributed by atoms with Crippen LogP contribution in [0, 0.1) is 0 Å². The van der Waals surface area contributed by atoms with Crippen LogP contribution in [0.2, 0.25) is 0 Å². The Hall–Kier alpha value is -0.680. The van der Waals surface area contributed by atoms with Crippen LogP contribution in [0.15, 0.2) is 10.7 Å². The van der Waals surface area contributed by atoms with E-state index in [1.54, 1.807) is 0 Å². The van der Waals surface area contributed by atoms with E-state index in [0.29, 0.717) is 12.6 Å². The summed E-state index contributed by atoms with van der Waals surface area (Å²) in [4.78, 5) is 11.2. The number of hydrogen-bond donors (Lipinski definition) is 1. The number of hydrogen-bond acceptors (Lipinski definition) is 4. The lowest BCUT2D eigenvalue weighted by molar-refractivity contribution is 0.295. The van der Waals surface area contributed by atoms with Gasteiger partial charge in [-0.25, -0.2) is 9.97 Å². The number of aromatic nitrogens is 2. The molecule has 0 amide bonds. The molecule has 0 aliphatic rings. The highest BCUT2D eigenvalue weighted by molar-refractivity contribution is 9.10. The quantitative estimate of drug-likeness (QED) is 0.744. The molecule has 0 saturated carbocycles. The second kappa shape index (κ2) is 8.48. The Balaban J connectivity index is 3.06. The smallest absolute Gasteiger partial charge is 0.133 e. The minimum absolute atomic E-state index is 0.140. The summed E-state index contributed by atoms with van der Waals surface area (Å²) in [5, 5.41) is 9.28. The molecule has 5 heteroatoms. The molecule has 1 heterocycles. The van der Waals surface area contributed by atoms with E-state index < -0.39 is 0 Å². The first-order chi connectivity index (χ1) is 9.15. The van der Waals surface area contributed by atoms with Crippen LogP contribution in [0.25, 0.3) is 0 Å². The molecule has 0 bridgehead atoms. The van der Waals surface area contributed by atoms with E-state index in [4.69, 9.17) is 0 Å². The van der Waals surface area contributed by atoms with Gasteiger partial charge in [0, 0.05) is 25.1 Å². The molecule has 0 radical (unpaired) electrons. The number of aryl methyl sites for hydroxylation is 1. The molecule has 0 spiro atoms. The monoisotopic (exact) mass is 329 g/mol. The Bertz CT molecular complexity index is 383. The molecular formula is C14H24BrN3O. The average Bonchev–Trinajstić information content (AvgIpc) is 2.38. The summed E-state index contributed by atoms with van der Waals surface area (Å²) in [5.74, 6) is 1.77. The molecule has 108 valence electrons. The number of rotatable bonds is 8. The SMILES string of the molecule is CCCc1nc(Br)cc(N(CCO)C(CC)CC)n1. The molecular weight excluding hydrogens is 306 g/mol. The van der Waals surface area contributed by atoms with Gasteiger partial charge in [0.2, 0.25) is 0 Å². The molecule has 0 unspecified atom stereocenters. The molecule has 1 N–H and O–H groups in total. The summed E-state index contributed by atoms with van der Waals surface area (Å²) in [7, 11) is 0. The van der Waals surface area contributed by atoms with Crippen molar-refractivity contribution in [2.45, 2.75) is 52.5 Å². The molecule has 0 atom stereocenters. The standard InChI is InChI=1S/C14H24BrN3O/c1-4-7-13-16-12(15)10-14(17-13)18(8-9-19)11(5-2)6-3/h10-11,19H,4-9H2,1-3H3. The summed E-state index contributed by atoms with van der Waals surface area (Å²) in [6.45, 7) is 7.21. The molecule has 0 aromatic carbocycles. The van der Waals surface area contributed by atoms with Gasteiger partial charge in [-0.05, 0) is 35.2 Å². The third-order valence-electron chi connectivity index (χ3n) is 3.22. The Morgan fingerprint density at radius 1 is 1.26 bits per heavy atom. The summed E-state index contributed by atoms with van der Waals surface area (Å²) in [6.07, 6.45) is 3.99. The van der Waals surface area contributed by atoms with E-state index in [1.807, 2.05) is 6.07 Å². The molecule has 4 nitrogen and oxygen atoms in total. The molecule has 0 aliphatic carbocycles. The van der Waals surface area contributed by atoms with Gasteiger partial charge in [0.05, 0.1) is 6.61 Å². The van der Waals surface area contributed by atoms with Gasteiger partial charge in [-0.3, -0.25) is 0 Å². The fourth-order valence-corrected chi connectivity index (χ4v) is 2.66. The lowest BCUT2D eigenvalue weighted by Gasteiger charge is -2.31. The molecule has 1 rings (SSSR count). The van der Waals surface area contributed by atoms with Gasteiger partial charge < -0.3 is 10.0 Å². The zero-order chi connectivity index (χ0) is 14.3. The van der Waals surface area contributed by atoms with Crippen LogP contribution in [0.4, 0.5) is 5.82 Å². The maximum Gasteiger partial charge on any atom is 0.133 e. The molecule has 1 aromatic heterocycles. The largest absolute Gasteiger partial charge is 0.395 e. The van der Waals surface area contributed by atoms with Crippen molar-refractivity contribution in [2.24, 2.45) is 0 Å². The summed E-state index contributed by atoms with van der Waals surface area (Å²) in [5.41, 5.74) is 0. The predicted octanol–water partition coefficient (Wildman–Crippen LogP) is 3.18. The van der Waals surface area contributed by atoms with Crippen molar-refractivity contribution in [2.75, 3.05) is 18.1 Å². The number of nitrogens with zero attached hydrogens (tertiary/aromatic N) is 3. The van der Waals surface area contributed by atoms with Crippen molar-refractivity contribution in [1.82, 2.24) is 9.97 Å². The number of aliphatic hydroxyl groups excluding tert-OH is 1. The number of halogens is 1. The average molecular weight is 330 g/mol. The van der Waals surface area contributed by atoms with Crippen molar-refractivity contribution in [3.8, 4) is 0 Å². The van der Waals surface area contributed by atoms with Gasteiger partial charge in [-0.15, -0.1) is 0 Å². The first-order valence-electron chi connectivity index (χ1n) is 7.07.